The summed E-state index contributed by atoms with van der Waals surface area (Å²) < 4.78 is 26.0. The van der Waals surface area contributed by atoms with E-state index < -0.39 is 22.2 Å². The monoisotopic (exact) mass is 231 g/mol. The van der Waals surface area contributed by atoms with E-state index in [1.54, 1.807) is 0 Å². The second kappa shape index (κ2) is 5.36. The van der Waals surface area contributed by atoms with E-state index in [1.165, 1.54) is 0 Å². The smallest absolute Gasteiger partial charge is 0.327 e. The van der Waals surface area contributed by atoms with Gasteiger partial charge in [0.25, 0.3) is 0 Å². The Labute approximate surface area is 90.4 Å². The van der Waals surface area contributed by atoms with Crippen LogP contribution in [-0.2, 0) is 0 Å². The average Bonchev–Trinajstić information content (AvgIpc) is 2.16. The summed E-state index contributed by atoms with van der Waals surface area (Å²) in [6, 6.07) is 1.37. The van der Waals surface area contributed by atoms with Gasteiger partial charge in [0.2, 0.25) is 5.82 Å². The van der Waals surface area contributed by atoms with Crippen LogP contribution in [0.15, 0.2) is 12.1 Å². The molecule has 5 nitrogen and oxygen atoms in total. The van der Waals surface area contributed by atoms with E-state index in [2.05, 4.69) is 5.32 Å². The maximum absolute atomic E-state index is 13.1. The van der Waals surface area contributed by atoms with E-state index in [1.807, 2.05) is 0 Å². The molecule has 0 heterocycles. The minimum absolute atomic E-state index is 0.170. The van der Waals surface area contributed by atoms with E-state index in [0.29, 0.717) is 25.6 Å². The van der Waals surface area contributed by atoms with Gasteiger partial charge < -0.3 is 11.1 Å². The van der Waals surface area contributed by atoms with Gasteiger partial charge in [-0.1, -0.05) is 0 Å². The molecule has 16 heavy (non-hydrogen) atoms. The lowest BCUT2D eigenvalue weighted by Crippen LogP contribution is -2.10. The first-order valence-electron chi connectivity index (χ1n) is 4.63. The molecule has 1 aromatic rings. The van der Waals surface area contributed by atoms with Crippen molar-refractivity contribution >= 4 is 11.4 Å². The molecule has 7 heteroatoms. The molecular weight excluding hydrogens is 220 g/mol. The standard InChI is InChI=1S/C9H11F2N3O2/c10-6-4-7(11)9(14(15)16)8(5-6)13-3-1-2-12/h4-5,13H,1-3,12H2. The first-order valence-corrected chi connectivity index (χ1v) is 4.63. The van der Waals surface area contributed by atoms with Crippen LogP contribution in [0.25, 0.3) is 0 Å². The maximum atomic E-state index is 13.1. The highest BCUT2D eigenvalue weighted by molar-refractivity contribution is 5.62. The molecule has 0 aliphatic rings. The van der Waals surface area contributed by atoms with Crippen molar-refractivity contribution in [2.45, 2.75) is 6.42 Å². The zero-order valence-electron chi connectivity index (χ0n) is 8.37. The van der Waals surface area contributed by atoms with Crippen molar-refractivity contribution in [2.24, 2.45) is 5.73 Å². The summed E-state index contributed by atoms with van der Waals surface area (Å²) in [5, 5.41) is 13.1. The molecule has 0 saturated carbocycles. The summed E-state index contributed by atoms with van der Waals surface area (Å²) in [4.78, 5) is 9.68. The lowest BCUT2D eigenvalue weighted by Gasteiger charge is -2.06. The van der Waals surface area contributed by atoms with Gasteiger partial charge in [-0.05, 0) is 13.0 Å². The average molecular weight is 231 g/mol. The molecule has 0 spiro atoms. The highest BCUT2D eigenvalue weighted by atomic mass is 19.1. The fraction of sp³-hybridized carbons (Fsp3) is 0.333. The van der Waals surface area contributed by atoms with E-state index in [4.69, 9.17) is 5.73 Å². The summed E-state index contributed by atoms with van der Waals surface area (Å²) in [6.45, 7) is 0.707. The van der Waals surface area contributed by atoms with Crippen molar-refractivity contribution in [1.82, 2.24) is 0 Å². The van der Waals surface area contributed by atoms with Crippen LogP contribution in [0.2, 0.25) is 0 Å². The third-order valence-corrected chi connectivity index (χ3v) is 1.91. The highest BCUT2D eigenvalue weighted by Crippen LogP contribution is 2.28. The molecule has 0 radical (unpaired) electrons. The summed E-state index contributed by atoms with van der Waals surface area (Å²) in [7, 11) is 0. The number of nitro groups is 1. The molecule has 0 aliphatic heterocycles. The van der Waals surface area contributed by atoms with E-state index in [-0.39, 0.29) is 5.69 Å². The van der Waals surface area contributed by atoms with Gasteiger partial charge in [0.1, 0.15) is 11.5 Å². The number of hydrogen-bond acceptors (Lipinski definition) is 4. The summed E-state index contributed by atoms with van der Waals surface area (Å²) in [5.41, 5.74) is 4.31. The number of anilines is 1. The second-order valence-corrected chi connectivity index (χ2v) is 3.11. The Hall–Kier alpha value is -1.76. The number of nitrogens with zero attached hydrogens (tertiary/aromatic N) is 1. The fourth-order valence-corrected chi connectivity index (χ4v) is 1.21. The third kappa shape index (κ3) is 2.86. The van der Waals surface area contributed by atoms with Crippen molar-refractivity contribution in [3.8, 4) is 0 Å². The molecule has 0 amide bonds. The third-order valence-electron chi connectivity index (χ3n) is 1.91. The topological polar surface area (TPSA) is 81.2 Å². The van der Waals surface area contributed by atoms with Gasteiger partial charge in [0.15, 0.2) is 0 Å². The van der Waals surface area contributed by atoms with E-state index in [0.717, 1.165) is 6.07 Å². The number of nitro benzene ring substituents is 1. The first-order chi connectivity index (χ1) is 7.56. The van der Waals surface area contributed by atoms with E-state index >= 15 is 0 Å². The van der Waals surface area contributed by atoms with Crippen molar-refractivity contribution in [3.05, 3.63) is 33.9 Å². The molecule has 0 atom stereocenters. The van der Waals surface area contributed by atoms with E-state index in [9.17, 15) is 18.9 Å². The highest BCUT2D eigenvalue weighted by Gasteiger charge is 2.21. The Morgan fingerprint density at radius 1 is 1.44 bits per heavy atom. The van der Waals surface area contributed by atoms with Crippen LogP contribution in [0.5, 0.6) is 0 Å². The Balaban J connectivity index is 2.99. The van der Waals surface area contributed by atoms with Crippen LogP contribution >= 0.6 is 0 Å². The number of benzene rings is 1. The number of rotatable bonds is 5. The SMILES string of the molecule is NCCCNc1cc(F)cc(F)c1[N+](=O)[O-]. The van der Waals surface area contributed by atoms with Gasteiger partial charge >= 0.3 is 5.69 Å². The Morgan fingerprint density at radius 3 is 2.69 bits per heavy atom. The predicted octanol–water partition coefficient (Wildman–Crippen LogP) is 1.63. The minimum Gasteiger partial charge on any atom is -0.379 e. The van der Waals surface area contributed by atoms with Crippen LogP contribution in [0.4, 0.5) is 20.2 Å². The Morgan fingerprint density at radius 2 is 2.12 bits per heavy atom. The first kappa shape index (κ1) is 12.3. The van der Waals surface area contributed by atoms with Crippen LogP contribution in [0.3, 0.4) is 0 Å². The zero-order valence-corrected chi connectivity index (χ0v) is 8.37. The largest absolute Gasteiger partial charge is 0.379 e. The molecule has 3 N–H and O–H groups in total. The van der Waals surface area contributed by atoms with Gasteiger partial charge in [-0.2, -0.15) is 4.39 Å². The van der Waals surface area contributed by atoms with Crippen molar-refractivity contribution < 1.29 is 13.7 Å². The molecule has 0 aromatic heterocycles. The van der Waals surface area contributed by atoms with Gasteiger partial charge in [0, 0.05) is 18.7 Å². The van der Waals surface area contributed by atoms with Gasteiger partial charge in [-0.3, -0.25) is 10.1 Å². The lowest BCUT2D eigenvalue weighted by molar-refractivity contribution is -0.386. The van der Waals surface area contributed by atoms with Crippen molar-refractivity contribution in [3.63, 3.8) is 0 Å². The van der Waals surface area contributed by atoms with Gasteiger partial charge in [-0.15, -0.1) is 0 Å². The molecule has 0 fully saturated rings. The zero-order chi connectivity index (χ0) is 12.1. The summed E-state index contributed by atoms with van der Waals surface area (Å²) in [5.74, 6) is -2.06. The number of halogens is 2. The number of hydrogen-bond donors (Lipinski definition) is 2. The van der Waals surface area contributed by atoms with Gasteiger partial charge in [0.05, 0.1) is 4.92 Å². The quantitative estimate of drug-likeness (QED) is 0.458. The molecule has 0 aliphatic carbocycles. The molecule has 0 bridgehead atoms. The molecule has 0 saturated heterocycles. The van der Waals surface area contributed by atoms with Crippen molar-refractivity contribution in [1.29, 1.82) is 0 Å². The van der Waals surface area contributed by atoms with Crippen LogP contribution < -0.4 is 11.1 Å². The fourth-order valence-electron chi connectivity index (χ4n) is 1.21. The number of nitrogens with two attached hydrogens (primary N) is 1. The lowest BCUT2D eigenvalue weighted by atomic mass is 10.2. The molecule has 1 rings (SSSR count). The molecule has 1 aromatic carbocycles. The normalized spacial score (nSPS) is 10.2. The molecule has 0 unspecified atom stereocenters. The van der Waals surface area contributed by atoms with Crippen molar-refractivity contribution in [2.75, 3.05) is 18.4 Å². The van der Waals surface area contributed by atoms with Gasteiger partial charge in [-0.25, -0.2) is 4.39 Å². The molecule has 88 valence electrons. The minimum atomic E-state index is -1.19. The second-order valence-electron chi connectivity index (χ2n) is 3.11. The predicted molar refractivity (Wildman–Crippen MR) is 55.2 cm³/mol. The molecular formula is C9H11F2N3O2. The summed E-state index contributed by atoms with van der Waals surface area (Å²) in [6.07, 6.45) is 0.551. The Kier molecular flexibility index (Phi) is 4.12. The maximum Gasteiger partial charge on any atom is 0.327 e. The number of nitrogens with one attached hydrogen (secondary N) is 1. The van der Waals surface area contributed by atoms with Crippen LogP contribution in [0, 0.1) is 21.7 Å². The van der Waals surface area contributed by atoms with Crippen LogP contribution in [0.1, 0.15) is 6.42 Å². The summed E-state index contributed by atoms with van der Waals surface area (Å²) >= 11 is 0. The Bertz CT molecular complexity index is 399. The van der Waals surface area contributed by atoms with Crippen LogP contribution in [-0.4, -0.2) is 18.0 Å².